The Morgan fingerprint density at radius 3 is 3.16 bits per heavy atom. The number of rotatable bonds is 5. The molecule has 6 heteroatoms. The third-order valence-electron chi connectivity index (χ3n) is 2.74. The van der Waals surface area contributed by atoms with Crippen LogP contribution in [0.25, 0.3) is 0 Å². The molecule has 0 aromatic heterocycles. The minimum atomic E-state index is -0.230. The van der Waals surface area contributed by atoms with Gasteiger partial charge in [-0.25, -0.2) is 4.79 Å². The number of carbonyl (C=O) groups is 1. The van der Waals surface area contributed by atoms with Crippen LogP contribution in [0.5, 0.6) is 5.75 Å². The minimum absolute atomic E-state index is 0.0941. The van der Waals surface area contributed by atoms with E-state index in [9.17, 15) is 4.79 Å². The normalized spacial score (nSPS) is 18.1. The van der Waals surface area contributed by atoms with Crippen LogP contribution in [-0.4, -0.2) is 38.4 Å². The van der Waals surface area contributed by atoms with Crippen molar-refractivity contribution in [3.63, 3.8) is 0 Å². The molecular formula is C13H19N3O3. The molecule has 2 amide bonds. The van der Waals surface area contributed by atoms with E-state index in [0.29, 0.717) is 37.8 Å². The highest BCUT2D eigenvalue weighted by Gasteiger charge is 2.17. The lowest BCUT2D eigenvalue weighted by atomic mass is 10.2. The number of nitrogens with one attached hydrogen (secondary N) is 2. The minimum Gasteiger partial charge on any atom is -0.492 e. The van der Waals surface area contributed by atoms with E-state index in [0.717, 1.165) is 6.42 Å². The molecule has 4 N–H and O–H groups in total. The van der Waals surface area contributed by atoms with Crippen molar-refractivity contribution < 1.29 is 14.3 Å². The van der Waals surface area contributed by atoms with Crippen LogP contribution < -0.4 is 21.1 Å². The van der Waals surface area contributed by atoms with Gasteiger partial charge in [0.15, 0.2) is 0 Å². The van der Waals surface area contributed by atoms with E-state index in [4.69, 9.17) is 15.2 Å². The monoisotopic (exact) mass is 265 g/mol. The van der Waals surface area contributed by atoms with Crippen molar-refractivity contribution in [2.75, 3.05) is 31.7 Å². The van der Waals surface area contributed by atoms with Crippen molar-refractivity contribution >= 4 is 11.7 Å². The molecule has 0 spiro atoms. The van der Waals surface area contributed by atoms with E-state index < -0.39 is 0 Å². The summed E-state index contributed by atoms with van der Waals surface area (Å²) in [6, 6.07) is 7.08. The van der Waals surface area contributed by atoms with Gasteiger partial charge >= 0.3 is 6.03 Å². The molecule has 0 bridgehead atoms. The standard InChI is InChI=1S/C13H19N3O3/c14-5-7-19-12-3-1-2-10(8-12)15-13(17)16-11-4-6-18-9-11/h1-3,8,11H,4-7,9,14H2,(H2,15,16,17). The molecule has 2 rings (SSSR count). The summed E-state index contributed by atoms with van der Waals surface area (Å²) in [4.78, 5) is 11.8. The van der Waals surface area contributed by atoms with E-state index in [-0.39, 0.29) is 12.1 Å². The van der Waals surface area contributed by atoms with Gasteiger partial charge < -0.3 is 25.8 Å². The van der Waals surface area contributed by atoms with Crippen molar-refractivity contribution in [2.45, 2.75) is 12.5 Å². The Labute approximate surface area is 112 Å². The first-order valence-electron chi connectivity index (χ1n) is 6.36. The largest absolute Gasteiger partial charge is 0.492 e. The van der Waals surface area contributed by atoms with Gasteiger partial charge in [-0.05, 0) is 18.6 Å². The summed E-state index contributed by atoms with van der Waals surface area (Å²) >= 11 is 0. The second-order valence-electron chi connectivity index (χ2n) is 4.32. The average molecular weight is 265 g/mol. The summed E-state index contributed by atoms with van der Waals surface area (Å²) in [5.74, 6) is 0.687. The van der Waals surface area contributed by atoms with E-state index in [2.05, 4.69) is 10.6 Å². The van der Waals surface area contributed by atoms with Gasteiger partial charge in [-0.2, -0.15) is 0 Å². The maximum atomic E-state index is 11.8. The molecule has 1 aromatic rings. The molecule has 1 unspecified atom stereocenters. The van der Waals surface area contributed by atoms with Gasteiger partial charge in [-0.15, -0.1) is 0 Å². The zero-order valence-corrected chi connectivity index (χ0v) is 10.7. The Hall–Kier alpha value is -1.79. The first kappa shape index (κ1) is 13.6. The lowest BCUT2D eigenvalue weighted by Crippen LogP contribution is -2.38. The number of anilines is 1. The summed E-state index contributed by atoms with van der Waals surface area (Å²) in [5.41, 5.74) is 6.06. The highest BCUT2D eigenvalue weighted by molar-refractivity contribution is 5.89. The van der Waals surface area contributed by atoms with Crippen LogP contribution in [0.3, 0.4) is 0 Å². The van der Waals surface area contributed by atoms with Crippen molar-refractivity contribution in [3.8, 4) is 5.75 Å². The molecule has 0 saturated carbocycles. The fourth-order valence-corrected chi connectivity index (χ4v) is 1.84. The van der Waals surface area contributed by atoms with Gasteiger partial charge in [0, 0.05) is 24.9 Å². The highest BCUT2D eigenvalue weighted by atomic mass is 16.5. The van der Waals surface area contributed by atoms with E-state index >= 15 is 0 Å². The second kappa shape index (κ2) is 6.96. The number of urea groups is 1. The zero-order valence-electron chi connectivity index (χ0n) is 10.7. The maximum Gasteiger partial charge on any atom is 0.319 e. The van der Waals surface area contributed by atoms with Crippen LogP contribution in [-0.2, 0) is 4.74 Å². The summed E-state index contributed by atoms with van der Waals surface area (Å²) in [7, 11) is 0. The first-order chi connectivity index (χ1) is 9.28. The van der Waals surface area contributed by atoms with Crippen LogP contribution >= 0.6 is 0 Å². The fraction of sp³-hybridized carbons (Fsp3) is 0.462. The number of hydrogen-bond acceptors (Lipinski definition) is 4. The molecule has 1 fully saturated rings. The summed E-state index contributed by atoms with van der Waals surface area (Å²) in [5, 5.41) is 5.62. The predicted molar refractivity (Wildman–Crippen MR) is 72.4 cm³/mol. The topological polar surface area (TPSA) is 85.6 Å². The van der Waals surface area contributed by atoms with Crippen LogP contribution in [0.15, 0.2) is 24.3 Å². The smallest absolute Gasteiger partial charge is 0.319 e. The molecule has 1 aliphatic heterocycles. The third kappa shape index (κ3) is 4.42. The first-order valence-corrected chi connectivity index (χ1v) is 6.36. The van der Waals surface area contributed by atoms with Crippen LogP contribution in [0.1, 0.15) is 6.42 Å². The second-order valence-corrected chi connectivity index (χ2v) is 4.32. The maximum absolute atomic E-state index is 11.8. The van der Waals surface area contributed by atoms with Crippen molar-refractivity contribution in [1.82, 2.24) is 5.32 Å². The van der Waals surface area contributed by atoms with Crippen molar-refractivity contribution in [1.29, 1.82) is 0 Å². The Balaban J connectivity index is 1.85. The van der Waals surface area contributed by atoms with E-state index in [1.807, 2.05) is 12.1 Å². The van der Waals surface area contributed by atoms with Gasteiger partial charge in [-0.1, -0.05) is 6.07 Å². The molecular weight excluding hydrogens is 246 g/mol. The number of amides is 2. The van der Waals surface area contributed by atoms with Crippen molar-refractivity contribution in [2.24, 2.45) is 5.73 Å². The Bertz CT molecular complexity index is 419. The number of nitrogens with two attached hydrogens (primary N) is 1. The third-order valence-corrected chi connectivity index (χ3v) is 2.74. The molecule has 1 aliphatic rings. The summed E-state index contributed by atoms with van der Waals surface area (Å²) in [6.45, 7) is 2.19. The van der Waals surface area contributed by atoms with Gasteiger partial charge in [0.25, 0.3) is 0 Å². The van der Waals surface area contributed by atoms with Crippen molar-refractivity contribution in [3.05, 3.63) is 24.3 Å². The van der Waals surface area contributed by atoms with Crippen LogP contribution in [0, 0.1) is 0 Å². The number of ether oxygens (including phenoxy) is 2. The molecule has 6 nitrogen and oxygen atoms in total. The average Bonchev–Trinajstić information content (AvgIpc) is 2.89. The highest BCUT2D eigenvalue weighted by Crippen LogP contribution is 2.17. The molecule has 0 aliphatic carbocycles. The summed E-state index contributed by atoms with van der Waals surface area (Å²) in [6.07, 6.45) is 0.854. The SMILES string of the molecule is NCCOc1cccc(NC(=O)NC2CCOC2)c1. The van der Waals surface area contributed by atoms with E-state index in [1.54, 1.807) is 12.1 Å². The van der Waals surface area contributed by atoms with Gasteiger partial charge in [0.05, 0.1) is 12.6 Å². The molecule has 1 saturated heterocycles. The number of hydrogen-bond donors (Lipinski definition) is 3. The Kier molecular flexibility index (Phi) is 5.00. The lowest BCUT2D eigenvalue weighted by Gasteiger charge is -2.12. The quantitative estimate of drug-likeness (QED) is 0.739. The molecule has 1 heterocycles. The molecule has 1 aromatic carbocycles. The molecule has 19 heavy (non-hydrogen) atoms. The Morgan fingerprint density at radius 1 is 1.53 bits per heavy atom. The number of carbonyl (C=O) groups excluding carboxylic acids is 1. The fourth-order valence-electron chi connectivity index (χ4n) is 1.84. The number of benzene rings is 1. The molecule has 0 radical (unpaired) electrons. The van der Waals surface area contributed by atoms with E-state index in [1.165, 1.54) is 0 Å². The molecule has 1 atom stereocenters. The lowest BCUT2D eigenvalue weighted by molar-refractivity contribution is 0.189. The predicted octanol–water partition coefficient (Wildman–Crippen LogP) is 0.934. The van der Waals surface area contributed by atoms with Gasteiger partial charge in [-0.3, -0.25) is 0 Å². The molecule has 104 valence electrons. The van der Waals surface area contributed by atoms with Gasteiger partial charge in [0.1, 0.15) is 12.4 Å². The van der Waals surface area contributed by atoms with Crippen LogP contribution in [0.4, 0.5) is 10.5 Å². The Morgan fingerprint density at radius 2 is 2.42 bits per heavy atom. The zero-order chi connectivity index (χ0) is 13.5. The van der Waals surface area contributed by atoms with Gasteiger partial charge in [0.2, 0.25) is 0 Å². The summed E-state index contributed by atoms with van der Waals surface area (Å²) < 4.78 is 10.6. The van der Waals surface area contributed by atoms with Crippen LogP contribution in [0.2, 0.25) is 0 Å².